The van der Waals surface area contributed by atoms with Crippen molar-refractivity contribution in [1.82, 2.24) is 5.32 Å². The lowest BCUT2D eigenvalue weighted by Gasteiger charge is -2.19. The van der Waals surface area contributed by atoms with E-state index in [-0.39, 0.29) is 16.8 Å². The minimum absolute atomic E-state index is 0.115. The van der Waals surface area contributed by atoms with Crippen molar-refractivity contribution in [1.29, 1.82) is 0 Å². The van der Waals surface area contributed by atoms with Crippen LogP contribution in [0.15, 0.2) is 82.3 Å². The van der Waals surface area contributed by atoms with Crippen LogP contribution in [0.5, 0.6) is 0 Å². The Hall–Kier alpha value is -3.06. The molecule has 0 fully saturated rings. The predicted octanol–water partition coefficient (Wildman–Crippen LogP) is 3.60. The van der Waals surface area contributed by atoms with Gasteiger partial charge in [0, 0.05) is 12.6 Å². The number of nitrogens with one attached hydrogen (secondary N) is 1. The smallest absolute Gasteiger partial charge is 0.264 e. The number of amides is 1. The lowest BCUT2D eigenvalue weighted by Crippen LogP contribution is -2.27. The Morgan fingerprint density at radius 2 is 1.67 bits per heavy atom. The number of carbonyl (C=O) groups excluding carboxylic acids is 1. The molecule has 0 aliphatic rings. The Balaban J connectivity index is 1.75. The van der Waals surface area contributed by atoms with Crippen molar-refractivity contribution in [3.63, 3.8) is 0 Å². The Labute approximate surface area is 158 Å². The summed E-state index contributed by atoms with van der Waals surface area (Å²) in [5.74, 6) is 0.339. The summed E-state index contributed by atoms with van der Waals surface area (Å²) in [7, 11) is -2.21. The van der Waals surface area contributed by atoms with Gasteiger partial charge in [-0.1, -0.05) is 18.2 Å². The number of hydrogen-bond acceptors (Lipinski definition) is 4. The topological polar surface area (TPSA) is 79.6 Å². The number of benzene rings is 2. The molecule has 1 N–H and O–H groups in total. The van der Waals surface area contributed by atoms with E-state index < -0.39 is 10.0 Å². The molecule has 6 nitrogen and oxygen atoms in total. The lowest BCUT2D eigenvalue weighted by atomic mass is 10.2. The molecule has 0 radical (unpaired) electrons. The van der Waals surface area contributed by atoms with Gasteiger partial charge < -0.3 is 9.73 Å². The molecule has 3 rings (SSSR count). The number of sulfonamides is 1. The largest absolute Gasteiger partial charge is 0.467 e. The van der Waals surface area contributed by atoms with E-state index in [4.69, 9.17) is 4.42 Å². The molecule has 1 aromatic heterocycles. The van der Waals surface area contributed by atoms with E-state index in [1.807, 2.05) is 13.0 Å². The number of anilines is 1. The Morgan fingerprint density at radius 3 is 2.26 bits per heavy atom. The van der Waals surface area contributed by atoms with E-state index in [1.54, 1.807) is 42.7 Å². The molecule has 7 heteroatoms. The molecule has 0 bridgehead atoms. The zero-order chi connectivity index (χ0) is 19.4. The van der Waals surface area contributed by atoms with Crippen molar-refractivity contribution in [3.8, 4) is 0 Å². The predicted molar refractivity (Wildman–Crippen MR) is 103 cm³/mol. The van der Waals surface area contributed by atoms with Crippen LogP contribution in [0.1, 0.15) is 29.1 Å². The molecule has 27 heavy (non-hydrogen) atoms. The van der Waals surface area contributed by atoms with Gasteiger partial charge in [0.2, 0.25) is 0 Å². The van der Waals surface area contributed by atoms with Crippen LogP contribution in [0.4, 0.5) is 5.69 Å². The maximum Gasteiger partial charge on any atom is 0.264 e. The number of para-hydroxylation sites is 1. The molecule has 1 amide bonds. The second kappa shape index (κ2) is 7.67. The summed E-state index contributed by atoms with van der Waals surface area (Å²) in [4.78, 5) is 12.5. The summed E-state index contributed by atoms with van der Waals surface area (Å²) in [5, 5.41) is 2.81. The van der Waals surface area contributed by atoms with E-state index in [2.05, 4.69) is 5.32 Å². The van der Waals surface area contributed by atoms with Gasteiger partial charge in [-0.05, 0) is 55.5 Å². The second-order valence-electron chi connectivity index (χ2n) is 6.04. The van der Waals surface area contributed by atoms with Crippen LogP contribution in [-0.4, -0.2) is 21.4 Å². The van der Waals surface area contributed by atoms with Crippen molar-refractivity contribution in [2.24, 2.45) is 0 Å². The zero-order valence-electron chi connectivity index (χ0n) is 15.0. The summed E-state index contributed by atoms with van der Waals surface area (Å²) < 4.78 is 32.0. The van der Waals surface area contributed by atoms with Crippen molar-refractivity contribution >= 4 is 21.6 Å². The van der Waals surface area contributed by atoms with Crippen molar-refractivity contribution in [2.45, 2.75) is 17.9 Å². The van der Waals surface area contributed by atoms with Gasteiger partial charge in [-0.15, -0.1) is 0 Å². The van der Waals surface area contributed by atoms with Crippen LogP contribution < -0.4 is 9.62 Å². The normalized spacial score (nSPS) is 12.4. The molecular formula is C20H20N2O4S. The minimum atomic E-state index is -3.71. The quantitative estimate of drug-likeness (QED) is 0.704. The first-order valence-corrected chi connectivity index (χ1v) is 9.82. The van der Waals surface area contributed by atoms with Gasteiger partial charge in [-0.3, -0.25) is 9.10 Å². The molecule has 140 valence electrons. The van der Waals surface area contributed by atoms with Crippen LogP contribution >= 0.6 is 0 Å². The average Bonchev–Trinajstić information content (AvgIpc) is 3.23. The Morgan fingerprint density at radius 1 is 1.00 bits per heavy atom. The number of hydrogen-bond donors (Lipinski definition) is 1. The van der Waals surface area contributed by atoms with Crippen LogP contribution in [0.3, 0.4) is 0 Å². The van der Waals surface area contributed by atoms with Gasteiger partial charge in [-0.25, -0.2) is 8.42 Å². The van der Waals surface area contributed by atoms with Gasteiger partial charge >= 0.3 is 0 Å². The summed E-state index contributed by atoms with van der Waals surface area (Å²) in [6.45, 7) is 1.81. The third-order valence-corrected chi connectivity index (χ3v) is 6.01. The molecule has 0 aliphatic heterocycles. The highest BCUT2D eigenvalue weighted by molar-refractivity contribution is 7.92. The molecule has 0 saturated carbocycles. The van der Waals surface area contributed by atoms with Crippen molar-refractivity contribution in [3.05, 3.63) is 84.3 Å². The van der Waals surface area contributed by atoms with Gasteiger partial charge in [0.05, 0.1) is 22.9 Å². The van der Waals surface area contributed by atoms with Crippen LogP contribution in [-0.2, 0) is 10.0 Å². The van der Waals surface area contributed by atoms with E-state index in [0.29, 0.717) is 17.0 Å². The molecule has 1 atom stereocenters. The fourth-order valence-corrected chi connectivity index (χ4v) is 3.80. The van der Waals surface area contributed by atoms with Gasteiger partial charge in [0.15, 0.2) is 0 Å². The lowest BCUT2D eigenvalue weighted by molar-refractivity contribution is 0.0935. The van der Waals surface area contributed by atoms with Crippen LogP contribution in [0.25, 0.3) is 0 Å². The van der Waals surface area contributed by atoms with Crippen molar-refractivity contribution < 1.29 is 17.6 Å². The number of furan rings is 1. The van der Waals surface area contributed by atoms with Gasteiger partial charge in [0.25, 0.3) is 15.9 Å². The zero-order valence-corrected chi connectivity index (χ0v) is 15.8. The molecule has 1 unspecified atom stereocenters. The number of rotatable bonds is 6. The maximum atomic E-state index is 12.8. The third-order valence-electron chi connectivity index (χ3n) is 4.21. The molecule has 3 aromatic rings. The van der Waals surface area contributed by atoms with E-state index in [9.17, 15) is 13.2 Å². The Bertz CT molecular complexity index is 998. The van der Waals surface area contributed by atoms with Gasteiger partial charge in [-0.2, -0.15) is 0 Å². The molecule has 2 aromatic carbocycles. The minimum Gasteiger partial charge on any atom is -0.467 e. The van der Waals surface area contributed by atoms with Crippen molar-refractivity contribution in [2.75, 3.05) is 11.4 Å². The molecule has 1 heterocycles. The summed E-state index contributed by atoms with van der Waals surface area (Å²) in [5.41, 5.74) is 0.932. The maximum absolute atomic E-state index is 12.8. The second-order valence-corrected chi connectivity index (χ2v) is 8.01. The van der Waals surface area contributed by atoms with E-state index in [1.165, 1.54) is 35.6 Å². The van der Waals surface area contributed by atoms with Gasteiger partial charge in [0.1, 0.15) is 5.76 Å². The SMILES string of the molecule is CC(NC(=O)c1ccc(S(=O)(=O)N(C)c2ccccc2)cc1)c1ccco1. The first kappa shape index (κ1) is 18.7. The Kier molecular flexibility index (Phi) is 5.32. The highest BCUT2D eigenvalue weighted by atomic mass is 32.2. The summed E-state index contributed by atoms with van der Waals surface area (Å²) in [6, 6.07) is 17.9. The first-order chi connectivity index (χ1) is 12.9. The molecule has 0 aliphatic carbocycles. The highest BCUT2D eigenvalue weighted by Crippen LogP contribution is 2.22. The summed E-state index contributed by atoms with van der Waals surface area (Å²) in [6.07, 6.45) is 1.54. The summed E-state index contributed by atoms with van der Waals surface area (Å²) >= 11 is 0. The molecule has 0 saturated heterocycles. The number of carbonyl (C=O) groups is 1. The standard InChI is InChI=1S/C20H20N2O4S/c1-15(19-9-6-14-26-19)21-20(23)16-10-12-18(13-11-16)27(24,25)22(2)17-7-4-3-5-8-17/h3-15H,1-2H3,(H,21,23). The van der Waals surface area contributed by atoms with E-state index in [0.717, 1.165) is 0 Å². The third kappa shape index (κ3) is 4.03. The average molecular weight is 384 g/mol. The molecular weight excluding hydrogens is 364 g/mol. The van der Waals surface area contributed by atoms with Crippen LogP contribution in [0, 0.1) is 0 Å². The van der Waals surface area contributed by atoms with E-state index >= 15 is 0 Å². The number of nitrogens with zero attached hydrogens (tertiary/aromatic N) is 1. The fourth-order valence-electron chi connectivity index (χ4n) is 2.60. The molecule has 0 spiro atoms. The first-order valence-electron chi connectivity index (χ1n) is 8.38. The highest BCUT2D eigenvalue weighted by Gasteiger charge is 2.22. The monoisotopic (exact) mass is 384 g/mol. The fraction of sp³-hybridized carbons (Fsp3) is 0.150. The van der Waals surface area contributed by atoms with Crippen LogP contribution in [0.2, 0.25) is 0 Å².